The fourth-order valence-electron chi connectivity index (χ4n) is 5.72. The SMILES string of the molecule is COCC(=O)c1ccc(O)c2c1CC1CC3CC(O)=C(C(N)=O)C4(O)O[C@]34C(O)=C1C2=O. The Kier molecular flexibility index (Phi) is 4.14. The molecule has 0 aromatic heterocycles. The first-order chi connectivity index (χ1) is 15.1. The molecule has 1 aromatic carbocycles. The summed E-state index contributed by atoms with van der Waals surface area (Å²) in [6.45, 7) is -0.203. The predicted octanol–water partition coefficient (Wildman–Crippen LogP) is 0.567. The Morgan fingerprint density at radius 2 is 1.97 bits per heavy atom. The number of hydrogen-bond donors (Lipinski definition) is 5. The fraction of sp³-hybridized carbons (Fsp3) is 0.409. The molecule has 6 N–H and O–H groups in total. The van der Waals surface area contributed by atoms with Crippen LogP contribution in [0.5, 0.6) is 5.75 Å². The van der Waals surface area contributed by atoms with Crippen LogP contribution >= 0.6 is 0 Å². The highest BCUT2D eigenvalue weighted by Crippen LogP contribution is 2.67. The van der Waals surface area contributed by atoms with E-state index in [0.717, 1.165) is 0 Å². The van der Waals surface area contributed by atoms with Gasteiger partial charge in [0.1, 0.15) is 29.4 Å². The van der Waals surface area contributed by atoms with Gasteiger partial charge in [-0.1, -0.05) is 0 Å². The largest absolute Gasteiger partial charge is 0.512 e. The van der Waals surface area contributed by atoms with Gasteiger partial charge in [-0.3, -0.25) is 14.4 Å². The van der Waals surface area contributed by atoms with Crippen LogP contribution in [-0.4, -0.2) is 63.0 Å². The zero-order chi connectivity index (χ0) is 23.2. The van der Waals surface area contributed by atoms with Crippen molar-refractivity contribution in [3.05, 3.63) is 51.5 Å². The van der Waals surface area contributed by atoms with Crippen LogP contribution in [0.1, 0.15) is 39.1 Å². The van der Waals surface area contributed by atoms with Gasteiger partial charge < -0.3 is 35.6 Å². The van der Waals surface area contributed by atoms with Crippen molar-refractivity contribution in [1.82, 2.24) is 0 Å². The van der Waals surface area contributed by atoms with E-state index >= 15 is 0 Å². The molecule has 4 atom stereocenters. The van der Waals surface area contributed by atoms with Gasteiger partial charge in [0.25, 0.3) is 5.91 Å². The second kappa shape index (κ2) is 6.41. The van der Waals surface area contributed by atoms with Crippen LogP contribution < -0.4 is 5.73 Å². The molecule has 10 heteroatoms. The number of amides is 1. The number of carbonyl (C=O) groups excluding carboxylic acids is 3. The Bertz CT molecular complexity index is 1180. The van der Waals surface area contributed by atoms with Gasteiger partial charge in [-0.2, -0.15) is 0 Å². The molecule has 0 radical (unpaired) electrons. The first-order valence-electron chi connectivity index (χ1n) is 10.1. The topological polar surface area (TPSA) is 180 Å². The number of phenols is 1. The van der Waals surface area contributed by atoms with E-state index in [1.54, 1.807) is 0 Å². The number of rotatable bonds is 4. The normalized spacial score (nSPS) is 32.6. The molecule has 32 heavy (non-hydrogen) atoms. The quantitative estimate of drug-likeness (QED) is 0.328. The molecule has 1 saturated heterocycles. The lowest BCUT2D eigenvalue weighted by molar-refractivity contribution is -0.117. The number of aliphatic hydroxyl groups excluding tert-OH is 2. The number of aliphatic hydroxyl groups is 3. The summed E-state index contributed by atoms with van der Waals surface area (Å²) in [5.41, 5.74) is 3.42. The lowest BCUT2D eigenvalue weighted by atomic mass is 9.61. The number of phenolic OH excluding ortho intramolecular Hbond substituents is 1. The number of ketones is 2. The third-order valence-electron chi connectivity index (χ3n) is 7.03. The lowest BCUT2D eigenvalue weighted by Gasteiger charge is -2.40. The highest BCUT2D eigenvalue weighted by Gasteiger charge is 2.82. The minimum Gasteiger partial charge on any atom is -0.512 e. The Labute approximate surface area is 181 Å². The Morgan fingerprint density at radius 3 is 2.62 bits per heavy atom. The van der Waals surface area contributed by atoms with E-state index in [4.69, 9.17) is 15.2 Å². The van der Waals surface area contributed by atoms with Crippen molar-refractivity contribution in [2.75, 3.05) is 13.7 Å². The van der Waals surface area contributed by atoms with Crippen molar-refractivity contribution >= 4 is 17.5 Å². The van der Waals surface area contributed by atoms with Gasteiger partial charge in [-0.15, -0.1) is 0 Å². The summed E-state index contributed by atoms with van der Waals surface area (Å²) in [5, 5.41) is 42.8. The number of ether oxygens (including phenoxy) is 2. The van der Waals surface area contributed by atoms with E-state index in [9.17, 15) is 34.8 Å². The Balaban J connectivity index is 1.66. The molecule has 3 unspecified atom stereocenters. The molecular weight excluding hydrogens is 422 g/mol. The Hall–Kier alpha value is -3.21. The van der Waals surface area contributed by atoms with E-state index in [1.807, 2.05) is 0 Å². The molecule has 1 heterocycles. The summed E-state index contributed by atoms with van der Waals surface area (Å²) in [4.78, 5) is 37.8. The van der Waals surface area contributed by atoms with Gasteiger partial charge in [0.15, 0.2) is 17.2 Å². The van der Waals surface area contributed by atoms with Gasteiger partial charge in [-0.05, 0) is 36.5 Å². The molecule has 5 rings (SSSR count). The number of fused-ring (bicyclic) bond motifs is 2. The number of aromatic hydroxyl groups is 1. The number of hydrogen-bond acceptors (Lipinski definition) is 9. The lowest BCUT2D eigenvalue weighted by Crippen LogP contribution is -2.49. The number of nitrogens with two attached hydrogens (primary N) is 1. The van der Waals surface area contributed by atoms with E-state index in [0.29, 0.717) is 5.56 Å². The molecule has 0 saturated carbocycles. The van der Waals surface area contributed by atoms with Crippen molar-refractivity contribution in [3.8, 4) is 5.75 Å². The number of epoxide rings is 1. The highest BCUT2D eigenvalue weighted by atomic mass is 16.8. The second-order valence-electron chi connectivity index (χ2n) is 8.64. The first kappa shape index (κ1) is 20.7. The minimum atomic E-state index is -2.34. The third kappa shape index (κ3) is 2.31. The van der Waals surface area contributed by atoms with E-state index in [1.165, 1.54) is 19.2 Å². The van der Waals surface area contributed by atoms with Crippen molar-refractivity contribution in [2.24, 2.45) is 17.6 Å². The van der Waals surface area contributed by atoms with E-state index in [2.05, 4.69) is 0 Å². The standard InChI is InChI=1S/C22H21NO9/c1-31-7-14(26)10-2-3-12(24)16-11(10)5-8-4-9-6-13(25)17(20(23)29)22(30)21(9,32-22)19(28)15(8)18(16)27/h2-3,8-9,24-25,28,30H,4-7H2,1H3,(H2,23,29)/t8?,9?,21-,22?/m0/s1. The smallest absolute Gasteiger partial charge is 0.253 e. The molecule has 168 valence electrons. The summed E-state index contributed by atoms with van der Waals surface area (Å²) >= 11 is 0. The highest BCUT2D eigenvalue weighted by molar-refractivity contribution is 6.15. The van der Waals surface area contributed by atoms with Crippen LogP contribution in [0.3, 0.4) is 0 Å². The minimum absolute atomic E-state index is 0.0541. The van der Waals surface area contributed by atoms with Gasteiger partial charge in [-0.25, -0.2) is 0 Å². The number of allylic oxidation sites excluding steroid dienone is 2. The molecule has 10 nitrogen and oxygen atoms in total. The van der Waals surface area contributed by atoms with Crippen LogP contribution in [0.15, 0.2) is 34.8 Å². The molecule has 0 bridgehead atoms. The number of carbonyl (C=O) groups is 3. The number of methoxy groups -OCH3 is 1. The molecule has 3 aliphatic carbocycles. The zero-order valence-corrected chi connectivity index (χ0v) is 17.0. The average Bonchev–Trinajstić information content (AvgIpc) is 3.34. The van der Waals surface area contributed by atoms with Gasteiger partial charge in [0, 0.05) is 30.6 Å². The summed E-state index contributed by atoms with van der Waals surface area (Å²) < 4.78 is 10.4. The van der Waals surface area contributed by atoms with Gasteiger partial charge >= 0.3 is 0 Å². The first-order valence-corrected chi connectivity index (χ1v) is 10.1. The van der Waals surface area contributed by atoms with Crippen LogP contribution in [0.2, 0.25) is 0 Å². The van der Waals surface area contributed by atoms with Crippen molar-refractivity contribution in [1.29, 1.82) is 0 Å². The average molecular weight is 443 g/mol. The summed E-state index contributed by atoms with van der Waals surface area (Å²) in [6, 6.07) is 2.66. The molecule has 1 aromatic rings. The summed E-state index contributed by atoms with van der Waals surface area (Å²) in [7, 11) is 1.37. The molecule has 1 aliphatic heterocycles. The van der Waals surface area contributed by atoms with Crippen LogP contribution in [-0.2, 0) is 20.7 Å². The fourth-order valence-corrected chi connectivity index (χ4v) is 5.72. The molecule has 1 spiro atoms. The van der Waals surface area contributed by atoms with Crippen LogP contribution in [0.4, 0.5) is 0 Å². The molecular formula is C22H21NO9. The van der Waals surface area contributed by atoms with Gasteiger partial charge in [0.2, 0.25) is 5.79 Å². The molecule has 4 aliphatic rings. The number of Topliss-reactive ketones (excluding diaryl/α,β-unsaturated/α-hetero) is 2. The Morgan fingerprint density at radius 1 is 1.25 bits per heavy atom. The molecule has 1 amide bonds. The third-order valence-corrected chi connectivity index (χ3v) is 7.03. The summed E-state index contributed by atoms with van der Waals surface area (Å²) in [6.07, 6.45) is 0.291. The second-order valence-corrected chi connectivity index (χ2v) is 8.64. The van der Waals surface area contributed by atoms with E-state index < -0.39 is 52.0 Å². The number of benzene rings is 1. The maximum absolute atomic E-state index is 13.4. The molecule has 1 fully saturated rings. The van der Waals surface area contributed by atoms with Crippen LogP contribution in [0.25, 0.3) is 0 Å². The van der Waals surface area contributed by atoms with Crippen molar-refractivity contribution in [2.45, 2.75) is 30.7 Å². The van der Waals surface area contributed by atoms with Gasteiger partial charge in [0.05, 0.1) is 5.56 Å². The maximum atomic E-state index is 13.4. The zero-order valence-electron chi connectivity index (χ0n) is 17.0. The van der Waals surface area contributed by atoms with E-state index in [-0.39, 0.29) is 54.1 Å². The van der Waals surface area contributed by atoms with Crippen LogP contribution in [0, 0.1) is 11.8 Å². The van der Waals surface area contributed by atoms with Crippen molar-refractivity contribution < 1.29 is 44.3 Å². The summed E-state index contributed by atoms with van der Waals surface area (Å²) in [5.74, 6) is -7.00. The monoisotopic (exact) mass is 443 g/mol. The maximum Gasteiger partial charge on any atom is 0.253 e. The van der Waals surface area contributed by atoms with Crippen molar-refractivity contribution in [3.63, 3.8) is 0 Å². The predicted molar refractivity (Wildman–Crippen MR) is 106 cm³/mol. The number of primary amides is 1.